The summed E-state index contributed by atoms with van der Waals surface area (Å²) in [6, 6.07) is 11.4. The zero-order valence-electron chi connectivity index (χ0n) is 12.9. The molecule has 0 aliphatic heterocycles. The van der Waals surface area contributed by atoms with Gasteiger partial charge in [-0.1, -0.05) is 23.7 Å². The van der Waals surface area contributed by atoms with Crippen LogP contribution in [0.1, 0.15) is 11.1 Å². The van der Waals surface area contributed by atoms with Crippen LogP contribution in [0.25, 0.3) is 11.6 Å². The number of hydrogen-bond acceptors (Lipinski definition) is 5. The SMILES string of the molecule is COc1cc(/C(C#N)=C/c2ccc(Cl)cc2)c([N+](=O)[O-])cc1OC. The van der Waals surface area contributed by atoms with Crippen molar-refractivity contribution >= 4 is 28.9 Å². The lowest BCUT2D eigenvalue weighted by atomic mass is 10.0. The molecule has 2 aromatic rings. The van der Waals surface area contributed by atoms with E-state index in [0.29, 0.717) is 16.3 Å². The number of nitro benzene ring substituents is 1. The van der Waals surface area contributed by atoms with Crippen LogP contribution in [0.3, 0.4) is 0 Å². The van der Waals surface area contributed by atoms with Crippen LogP contribution in [-0.2, 0) is 0 Å². The van der Waals surface area contributed by atoms with E-state index in [9.17, 15) is 15.4 Å². The fourth-order valence-electron chi connectivity index (χ4n) is 2.13. The quantitative estimate of drug-likeness (QED) is 0.349. The van der Waals surface area contributed by atoms with Gasteiger partial charge in [0.25, 0.3) is 5.69 Å². The van der Waals surface area contributed by atoms with Crippen LogP contribution in [0.5, 0.6) is 11.5 Å². The molecule has 0 heterocycles. The van der Waals surface area contributed by atoms with Crippen LogP contribution >= 0.6 is 11.6 Å². The van der Waals surface area contributed by atoms with Gasteiger partial charge < -0.3 is 9.47 Å². The third kappa shape index (κ3) is 3.65. The molecule has 0 aliphatic carbocycles. The first-order chi connectivity index (χ1) is 11.5. The maximum Gasteiger partial charge on any atom is 0.281 e. The first-order valence-corrected chi connectivity index (χ1v) is 7.16. The van der Waals surface area contributed by atoms with Crippen molar-refractivity contribution in [3.63, 3.8) is 0 Å². The summed E-state index contributed by atoms with van der Waals surface area (Å²) in [4.78, 5) is 10.8. The Balaban J connectivity index is 2.64. The van der Waals surface area contributed by atoms with Crippen LogP contribution < -0.4 is 9.47 Å². The standard InChI is InChI=1S/C17H13ClN2O4/c1-23-16-8-14(15(20(21)22)9-17(16)24-2)12(10-19)7-11-3-5-13(18)6-4-11/h3-9H,1-2H3/b12-7+. The molecule has 2 aromatic carbocycles. The van der Waals surface area contributed by atoms with Crippen molar-refractivity contribution in [3.8, 4) is 17.6 Å². The fourth-order valence-corrected chi connectivity index (χ4v) is 2.26. The molecule has 2 rings (SSSR count). The molecule has 0 aliphatic rings. The van der Waals surface area contributed by atoms with Gasteiger partial charge >= 0.3 is 0 Å². The van der Waals surface area contributed by atoms with E-state index in [1.165, 1.54) is 26.4 Å². The smallest absolute Gasteiger partial charge is 0.281 e. The molecule has 0 bridgehead atoms. The average Bonchev–Trinajstić information content (AvgIpc) is 2.60. The van der Waals surface area contributed by atoms with Gasteiger partial charge in [0, 0.05) is 5.02 Å². The maximum absolute atomic E-state index is 11.4. The lowest BCUT2D eigenvalue weighted by molar-refractivity contribution is -0.385. The lowest BCUT2D eigenvalue weighted by Gasteiger charge is -2.10. The summed E-state index contributed by atoms with van der Waals surface area (Å²) < 4.78 is 10.3. The van der Waals surface area contributed by atoms with Gasteiger partial charge in [-0.15, -0.1) is 0 Å². The average molecular weight is 345 g/mol. The minimum absolute atomic E-state index is 0.130. The Kier molecular flexibility index (Phi) is 5.40. The molecule has 0 saturated carbocycles. The number of nitriles is 1. The molecule has 0 saturated heterocycles. The number of nitro groups is 1. The third-order valence-corrected chi connectivity index (χ3v) is 3.54. The van der Waals surface area contributed by atoms with Gasteiger partial charge in [-0.25, -0.2) is 0 Å². The largest absolute Gasteiger partial charge is 0.493 e. The van der Waals surface area contributed by atoms with E-state index in [4.69, 9.17) is 21.1 Å². The third-order valence-electron chi connectivity index (χ3n) is 3.29. The predicted octanol–water partition coefficient (Wildman–Crippen LogP) is 4.33. The topological polar surface area (TPSA) is 85.4 Å². The molecule has 6 nitrogen and oxygen atoms in total. The summed E-state index contributed by atoms with van der Waals surface area (Å²) in [6.07, 6.45) is 1.55. The van der Waals surface area contributed by atoms with Gasteiger partial charge in [-0.3, -0.25) is 10.1 Å². The first kappa shape index (κ1) is 17.3. The molecule has 0 fully saturated rings. The first-order valence-electron chi connectivity index (χ1n) is 6.78. The number of methoxy groups -OCH3 is 2. The number of halogens is 1. The van der Waals surface area contributed by atoms with Gasteiger partial charge in [0.15, 0.2) is 11.5 Å². The van der Waals surface area contributed by atoms with Gasteiger partial charge in [0.1, 0.15) is 6.07 Å². The molecule has 0 amide bonds. The fraction of sp³-hybridized carbons (Fsp3) is 0.118. The van der Waals surface area contributed by atoms with E-state index >= 15 is 0 Å². The maximum atomic E-state index is 11.4. The van der Waals surface area contributed by atoms with Crippen LogP contribution in [0.2, 0.25) is 5.02 Å². The molecule has 0 unspecified atom stereocenters. The Bertz CT molecular complexity index is 839. The number of rotatable bonds is 5. The van der Waals surface area contributed by atoms with E-state index in [0.717, 1.165) is 0 Å². The van der Waals surface area contributed by atoms with Crippen molar-refractivity contribution in [2.45, 2.75) is 0 Å². The van der Waals surface area contributed by atoms with Crippen LogP contribution in [0.15, 0.2) is 36.4 Å². The molecular weight excluding hydrogens is 332 g/mol. The summed E-state index contributed by atoms with van der Waals surface area (Å²) in [5.41, 5.74) is 0.731. The van der Waals surface area contributed by atoms with E-state index in [1.807, 2.05) is 6.07 Å². The van der Waals surface area contributed by atoms with Crippen LogP contribution in [0, 0.1) is 21.4 Å². The number of hydrogen-bond donors (Lipinski definition) is 0. The number of benzene rings is 2. The van der Waals surface area contributed by atoms with Gasteiger partial charge in [-0.2, -0.15) is 5.26 Å². The van der Waals surface area contributed by atoms with Crippen molar-refractivity contribution in [1.29, 1.82) is 5.26 Å². The van der Waals surface area contributed by atoms with E-state index in [1.54, 1.807) is 30.3 Å². The van der Waals surface area contributed by atoms with Crippen molar-refractivity contribution in [2.75, 3.05) is 14.2 Å². The van der Waals surface area contributed by atoms with Crippen LogP contribution in [0.4, 0.5) is 5.69 Å². The second-order valence-electron chi connectivity index (χ2n) is 4.70. The molecule has 0 N–H and O–H groups in total. The molecule has 0 spiro atoms. The van der Waals surface area contributed by atoms with Crippen molar-refractivity contribution in [3.05, 3.63) is 62.7 Å². The summed E-state index contributed by atoms with van der Waals surface area (Å²) in [5, 5.41) is 21.4. The molecule has 24 heavy (non-hydrogen) atoms. The van der Waals surface area contributed by atoms with Crippen molar-refractivity contribution in [1.82, 2.24) is 0 Å². The predicted molar refractivity (Wildman–Crippen MR) is 91.1 cm³/mol. The van der Waals surface area contributed by atoms with Crippen molar-refractivity contribution in [2.24, 2.45) is 0 Å². The lowest BCUT2D eigenvalue weighted by Crippen LogP contribution is -1.98. The highest BCUT2D eigenvalue weighted by molar-refractivity contribution is 6.30. The van der Waals surface area contributed by atoms with Gasteiger partial charge in [0.05, 0.1) is 36.3 Å². The van der Waals surface area contributed by atoms with Crippen molar-refractivity contribution < 1.29 is 14.4 Å². The highest BCUT2D eigenvalue weighted by atomic mass is 35.5. The molecule has 7 heteroatoms. The number of allylic oxidation sites excluding steroid dienone is 1. The Morgan fingerprint density at radius 2 is 1.79 bits per heavy atom. The number of ether oxygens (including phenoxy) is 2. The van der Waals surface area contributed by atoms with Gasteiger partial charge in [0.2, 0.25) is 0 Å². The Morgan fingerprint density at radius 1 is 1.21 bits per heavy atom. The minimum atomic E-state index is -0.565. The zero-order valence-corrected chi connectivity index (χ0v) is 13.7. The highest BCUT2D eigenvalue weighted by Crippen LogP contribution is 2.38. The molecular formula is C17H13ClN2O4. The Morgan fingerprint density at radius 3 is 2.29 bits per heavy atom. The zero-order chi connectivity index (χ0) is 17.7. The Hall–Kier alpha value is -3.04. The normalized spacial score (nSPS) is 10.8. The highest BCUT2D eigenvalue weighted by Gasteiger charge is 2.22. The molecule has 0 radical (unpaired) electrons. The summed E-state index contributed by atoms with van der Waals surface area (Å²) in [6.45, 7) is 0. The van der Waals surface area contributed by atoms with Crippen LogP contribution in [-0.4, -0.2) is 19.1 Å². The molecule has 122 valence electrons. The number of nitrogens with zero attached hydrogens (tertiary/aromatic N) is 2. The minimum Gasteiger partial charge on any atom is -0.493 e. The molecule has 0 atom stereocenters. The molecule has 0 aromatic heterocycles. The van der Waals surface area contributed by atoms with E-state index in [2.05, 4.69) is 0 Å². The van der Waals surface area contributed by atoms with E-state index in [-0.39, 0.29) is 22.6 Å². The summed E-state index contributed by atoms with van der Waals surface area (Å²) in [5.74, 6) is 0.520. The van der Waals surface area contributed by atoms with Gasteiger partial charge in [-0.05, 0) is 29.8 Å². The second kappa shape index (κ2) is 7.49. The summed E-state index contributed by atoms with van der Waals surface area (Å²) >= 11 is 5.83. The monoisotopic (exact) mass is 344 g/mol. The Labute approximate surface area is 143 Å². The second-order valence-corrected chi connectivity index (χ2v) is 5.14. The van der Waals surface area contributed by atoms with E-state index < -0.39 is 4.92 Å². The summed E-state index contributed by atoms with van der Waals surface area (Å²) in [7, 11) is 2.80.